The van der Waals surface area contributed by atoms with Crippen molar-refractivity contribution in [3.8, 4) is 0 Å². The molecule has 0 spiro atoms. The van der Waals surface area contributed by atoms with Crippen LogP contribution in [-0.4, -0.2) is 53.2 Å². The zero-order chi connectivity index (χ0) is 29.6. The fourth-order valence-corrected chi connectivity index (χ4v) is 9.57. The topological polar surface area (TPSA) is 85.8 Å². The summed E-state index contributed by atoms with van der Waals surface area (Å²) in [6.45, 7) is 7.86. The lowest BCUT2D eigenvalue weighted by atomic mass is 9.82. The van der Waals surface area contributed by atoms with Crippen LogP contribution < -0.4 is 4.90 Å². The van der Waals surface area contributed by atoms with Crippen LogP contribution in [0.15, 0.2) is 54.8 Å². The van der Waals surface area contributed by atoms with Gasteiger partial charge in [-0.05, 0) is 63.1 Å². The van der Waals surface area contributed by atoms with Gasteiger partial charge in [0, 0.05) is 11.1 Å². The Balaban J connectivity index is 1.56. The molecule has 0 atom stereocenters. The monoisotopic (exact) mass is 642 g/mol. The molecule has 0 fully saturated rings. The number of para-hydroxylation sites is 1. The highest BCUT2D eigenvalue weighted by Gasteiger charge is 2.46. The maximum atomic E-state index is 14.0. The molecule has 1 aromatic heterocycles. The Labute approximate surface area is 260 Å². The molecule has 2 aliphatic heterocycles. The number of fused-ring (bicyclic) bond motifs is 2. The van der Waals surface area contributed by atoms with Crippen molar-refractivity contribution in [2.45, 2.75) is 37.6 Å². The summed E-state index contributed by atoms with van der Waals surface area (Å²) in [6.07, 6.45) is 0. The molecule has 2 aromatic carbocycles. The second-order valence-electron chi connectivity index (χ2n) is 9.82. The van der Waals surface area contributed by atoms with Crippen molar-refractivity contribution >= 4 is 103 Å². The van der Waals surface area contributed by atoms with Crippen LogP contribution in [0.5, 0.6) is 0 Å². The first-order valence-electron chi connectivity index (χ1n) is 12.5. The van der Waals surface area contributed by atoms with Crippen molar-refractivity contribution in [1.29, 1.82) is 0 Å². The lowest BCUT2D eigenvalue weighted by Gasteiger charge is -2.45. The fraction of sp³-hybridized carbons (Fsp3) is 0.276. The Hall–Kier alpha value is -2.64. The molecular formula is C29H26N2O5S5. The van der Waals surface area contributed by atoms with E-state index in [9.17, 15) is 14.4 Å². The number of ether oxygens (including phenoxy) is 2. The number of thiocarbonyl (C=S) groups is 1. The molecule has 0 N–H and O–H groups in total. The molecule has 0 bridgehead atoms. The highest BCUT2D eigenvalue weighted by molar-refractivity contribution is 8.29. The van der Waals surface area contributed by atoms with Gasteiger partial charge in [0.2, 0.25) is 5.91 Å². The van der Waals surface area contributed by atoms with Gasteiger partial charge >= 0.3 is 11.9 Å². The molecule has 0 saturated heterocycles. The van der Waals surface area contributed by atoms with Gasteiger partial charge in [-0.2, -0.15) is 0 Å². The number of hydrogen-bond donors (Lipinski definition) is 0. The van der Waals surface area contributed by atoms with E-state index in [1.54, 1.807) is 16.2 Å². The van der Waals surface area contributed by atoms with Gasteiger partial charge in [-0.1, -0.05) is 59.6 Å². The van der Waals surface area contributed by atoms with Gasteiger partial charge in [-0.25, -0.2) is 14.6 Å². The number of amides is 1. The van der Waals surface area contributed by atoms with Crippen LogP contribution >= 0.6 is 58.8 Å². The molecule has 5 rings (SSSR count). The molecular weight excluding hydrogens is 617 g/mol. The number of benzene rings is 2. The van der Waals surface area contributed by atoms with E-state index < -0.39 is 17.5 Å². The largest absolute Gasteiger partial charge is 0.465 e. The molecule has 1 amide bonds. The summed E-state index contributed by atoms with van der Waals surface area (Å²) < 4.78 is 12.5. The van der Waals surface area contributed by atoms with Crippen LogP contribution in [0.2, 0.25) is 0 Å². The lowest BCUT2D eigenvalue weighted by Crippen LogP contribution is -2.56. The molecule has 3 heterocycles. The van der Waals surface area contributed by atoms with E-state index in [0.29, 0.717) is 9.10 Å². The maximum absolute atomic E-state index is 14.0. The third-order valence-corrected chi connectivity index (χ3v) is 12.3. The Morgan fingerprint density at radius 3 is 2.22 bits per heavy atom. The zero-order valence-corrected chi connectivity index (χ0v) is 27.2. The number of hydrogen-bond acceptors (Lipinski definition) is 11. The number of aryl methyl sites for hydroxylation is 2. The predicted octanol–water partition coefficient (Wildman–Crippen LogP) is 6.91. The molecule has 212 valence electrons. The summed E-state index contributed by atoms with van der Waals surface area (Å²) in [5.41, 5.74) is 4.33. The number of carbonyl (C=O) groups excluding carboxylic acids is 3. The van der Waals surface area contributed by atoms with E-state index in [2.05, 4.69) is 4.98 Å². The first kappa shape index (κ1) is 29.8. The third kappa shape index (κ3) is 5.36. The van der Waals surface area contributed by atoms with Crippen LogP contribution in [0, 0.1) is 13.8 Å². The van der Waals surface area contributed by atoms with Gasteiger partial charge in [0.15, 0.2) is 4.34 Å². The van der Waals surface area contributed by atoms with Crippen molar-refractivity contribution in [3.05, 3.63) is 67.1 Å². The van der Waals surface area contributed by atoms with Crippen molar-refractivity contribution in [2.24, 2.45) is 0 Å². The minimum Gasteiger partial charge on any atom is -0.465 e. The van der Waals surface area contributed by atoms with E-state index in [1.807, 2.05) is 64.1 Å². The number of carbonyl (C=O) groups is 3. The summed E-state index contributed by atoms with van der Waals surface area (Å²) >= 11 is 11.4. The van der Waals surface area contributed by atoms with Crippen LogP contribution in [-0.2, 0) is 23.9 Å². The van der Waals surface area contributed by atoms with Gasteiger partial charge in [-0.3, -0.25) is 4.79 Å². The van der Waals surface area contributed by atoms with E-state index in [0.717, 1.165) is 66.0 Å². The number of anilines is 1. The Kier molecular flexibility index (Phi) is 8.41. The van der Waals surface area contributed by atoms with Crippen LogP contribution in [0.25, 0.3) is 15.8 Å². The van der Waals surface area contributed by atoms with Crippen LogP contribution in [0.1, 0.15) is 30.5 Å². The standard InChI is InChI=1S/C29H26N2O5S5/c1-14-11-16-18(12-15(14)2)31(20(32)13-38-28-30-17-9-7-8-10-19(17)39-28)29(3,4)24(37)21(16)27-40-22(25(33)35-5)23(41-27)26(34)36-6/h7-12H,13H2,1-6H3. The molecule has 0 unspecified atom stereocenters. The Bertz CT molecular complexity index is 1640. The molecule has 3 aromatic rings. The number of nitrogens with zero attached hydrogens (tertiary/aromatic N) is 2. The summed E-state index contributed by atoms with van der Waals surface area (Å²) in [5.74, 6) is -1.15. The van der Waals surface area contributed by atoms with Gasteiger partial charge in [0.1, 0.15) is 9.81 Å². The van der Waals surface area contributed by atoms with Gasteiger partial charge < -0.3 is 14.4 Å². The summed E-state index contributed by atoms with van der Waals surface area (Å²) in [7, 11) is 2.54. The summed E-state index contributed by atoms with van der Waals surface area (Å²) in [5, 5.41) is 0. The van der Waals surface area contributed by atoms with Gasteiger partial charge in [-0.15, -0.1) is 11.3 Å². The molecule has 0 radical (unpaired) electrons. The minimum atomic E-state index is -0.877. The average molecular weight is 643 g/mol. The minimum absolute atomic E-state index is 0.0921. The molecule has 0 saturated carbocycles. The van der Waals surface area contributed by atoms with Crippen molar-refractivity contribution in [1.82, 2.24) is 4.98 Å². The number of methoxy groups -OCH3 is 2. The number of thiazole rings is 1. The number of thioether (sulfide) groups is 3. The van der Waals surface area contributed by atoms with E-state index in [4.69, 9.17) is 21.7 Å². The average Bonchev–Trinajstić information content (AvgIpc) is 3.57. The highest BCUT2D eigenvalue weighted by atomic mass is 32.2. The van der Waals surface area contributed by atoms with Crippen molar-refractivity contribution in [2.75, 3.05) is 24.9 Å². The fourth-order valence-electron chi connectivity index (χ4n) is 4.62. The second-order valence-corrected chi connectivity index (χ2v) is 14.8. The normalized spacial score (nSPS) is 16.3. The first-order chi connectivity index (χ1) is 19.5. The Morgan fingerprint density at radius 1 is 1.00 bits per heavy atom. The van der Waals surface area contributed by atoms with Crippen molar-refractivity contribution in [3.63, 3.8) is 0 Å². The second kappa shape index (κ2) is 11.6. The molecule has 7 nitrogen and oxygen atoms in total. The lowest BCUT2D eigenvalue weighted by molar-refractivity contribution is -0.138. The zero-order valence-electron chi connectivity index (χ0n) is 23.1. The first-order valence-corrected chi connectivity index (χ1v) is 16.3. The van der Waals surface area contributed by atoms with E-state index in [1.165, 1.54) is 26.0 Å². The SMILES string of the molecule is COC(=O)C1=C(C(=O)OC)SC(=C2C(=S)C(C)(C)N(C(=O)CSc3nc4ccccc4s3)c3cc(C)c(C)cc32)S1. The highest BCUT2D eigenvalue weighted by Crippen LogP contribution is 2.56. The number of esters is 2. The van der Waals surface area contributed by atoms with Gasteiger partial charge in [0.05, 0.1) is 50.5 Å². The summed E-state index contributed by atoms with van der Waals surface area (Å²) in [4.78, 5) is 46.4. The number of aromatic nitrogens is 1. The smallest absolute Gasteiger partial charge is 0.346 e. The third-order valence-electron chi connectivity index (χ3n) is 6.85. The molecule has 41 heavy (non-hydrogen) atoms. The molecule has 0 aliphatic carbocycles. The molecule has 2 aliphatic rings. The number of rotatable bonds is 5. The van der Waals surface area contributed by atoms with Crippen molar-refractivity contribution < 1.29 is 23.9 Å². The van der Waals surface area contributed by atoms with Crippen LogP contribution in [0.3, 0.4) is 0 Å². The van der Waals surface area contributed by atoms with E-state index in [-0.39, 0.29) is 21.5 Å². The summed E-state index contributed by atoms with van der Waals surface area (Å²) in [6, 6.07) is 11.9. The van der Waals surface area contributed by atoms with Gasteiger partial charge in [0.25, 0.3) is 0 Å². The quantitative estimate of drug-likeness (QED) is 0.127. The van der Waals surface area contributed by atoms with E-state index >= 15 is 0 Å². The van der Waals surface area contributed by atoms with Crippen LogP contribution in [0.4, 0.5) is 5.69 Å². The maximum Gasteiger partial charge on any atom is 0.346 e. The molecule has 12 heteroatoms. The Morgan fingerprint density at radius 2 is 1.61 bits per heavy atom. The predicted molar refractivity (Wildman–Crippen MR) is 174 cm³/mol.